The van der Waals surface area contributed by atoms with Gasteiger partial charge in [-0.05, 0) is 37.3 Å². The Balaban J connectivity index is 1.64. The predicted molar refractivity (Wildman–Crippen MR) is 66.5 cm³/mol. The van der Waals surface area contributed by atoms with Gasteiger partial charge in [0.25, 0.3) is 0 Å². The van der Waals surface area contributed by atoms with Crippen LogP contribution in [0.1, 0.15) is 44.1 Å². The first kappa shape index (κ1) is 11.4. The normalized spacial score (nSPS) is 16.6. The summed E-state index contributed by atoms with van der Waals surface area (Å²) >= 11 is 0. The van der Waals surface area contributed by atoms with E-state index >= 15 is 0 Å². The number of aryl methyl sites for hydroxylation is 1. The SMILES string of the molecule is Cc1cnnc(NCCCC2CCCC2)c1. The van der Waals surface area contributed by atoms with Gasteiger partial charge in [-0.25, -0.2) is 0 Å². The molecule has 0 radical (unpaired) electrons. The van der Waals surface area contributed by atoms with Crippen LogP contribution in [-0.4, -0.2) is 16.7 Å². The number of rotatable bonds is 5. The number of aromatic nitrogens is 2. The summed E-state index contributed by atoms with van der Waals surface area (Å²) in [7, 11) is 0. The molecule has 0 aromatic carbocycles. The van der Waals surface area contributed by atoms with E-state index in [9.17, 15) is 0 Å². The van der Waals surface area contributed by atoms with Crippen molar-refractivity contribution in [1.29, 1.82) is 0 Å². The first-order valence-electron chi connectivity index (χ1n) is 6.38. The standard InChI is InChI=1S/C13H21N3/c1-11-9-13(16-15-10-11)14-8-4-7-12-5-2-3-6-12/h9-10,12H,2-8H2,1H3,(H,14,16). The highest BCUT2D eigenvalue weighted by molar-refractivity contribution is 5.34. The van der Waals surface area contributed by atoms with Crippen molar-refractivity contribution < 1.29 is 0 Å². The van der Waals surface area contributed by atoms with E-state index in [2.05, 4.69) is 15.5 Å². The van der Waals surface area contributed by atoms with Crippen LogP contribution < -0.4 is 5.32 Å². The summed E-state index contributed by atoms with van der Waals surface area (Å²) < 4.78 is 0. The van der Waals surface area contributed by atoms with Gasteiger partial charge in [0.05, 0.1) is 6.20 Å². The average molecular weight is 219 g/mol. The molecule has 1 N–H and O–H groups in total. The quantitative estimate of drug-likeness (QED) is 0.773. The number of nitrogens with one attached hydrogen (secondary N) is 1. The minimum Gasteiger partial charge on any atom is -0.369 e. The number of hydrogen-bond acceptors (Lipinski definition) is 3. The molecule has 0 saturated heterocycles. The zero-order valence-corrected chi connectivity index (χ0v) is 10.1. The van der Waals surface area contributed by atoms with Crippen LogP contribution in [0.25, 0.3) is 0 Å². The van der Waals surface area contributed by atoms with Crippen molar-refractivity contribution in [2.24, 2.45) is 5.92 Å². The largest absolute Gasteiger partial charge is 0.369 e. The molecule has 0 bridgehead atoms. The minimum atomic E-state index is 0.909. The van der Waals surface area contributed by atoms with E-state index in [0.717, 1.165) is 23.8 Å². The van der Waals surface area contributed by atoms with Crippen molar-refractivity contribution in [2.75, 3.05) is 11.9 Å². The second-order valence-corrected chi connectivity index (χ2v) is 4.84. The van der Waals surface area contributed by atoms with Crippen LogP contribution in [0.3, 0.4) is 0 Å². The maximum absolute atomic E-state index is 4.05. The molecule has 3 nitrogen and oxygen atoms in total. The molecular weight excluding hydrogens is 198 g/mol. The summed E-state index contributed by atoms with van der Waals surface area (Å²) in [5.41, 5.74) is 1.16. The van der Waals surface area contributed by atoms with E-state index in [0.29, 0.717) is 0 Å². The van der Waals surface area contributed by atoms with Gasteiger partial charge in [0.15, 0.2) is 0 Å². The van der Waals surface area contributed by atoms with Gasteiger partial charge in [-0.2, -0.15) is 5.10 Å². The molecule has 1 aliphatic rings. The first-order chi connectivity index (χ1) is 7.84. The van der Waals surface area contributed by atoms with E-state index in [4.69, 9.17) is 0 Å². The highest BCUT2D eigenvalue weighted by Crippen LogP contribution is 2.28. The van der Waals surface area contributed by atoms with Gasteiger partial charge in [-0.1, -0.05) is 25.7 Å². The van der Waals surface area contributed by atoms with Gasteiger partial charge in [0, 0.05) is 6.54 Å². The van der Waals surface area contributed by atoms with Crippen LogP contribution in [0, 0.1) is 12.8 Å². The second-order valence-electron chi connectivity index (χ2n) is 4.84. The minimum absolute atomic E-state index is 0.909. The lowest BCUT2D eigenvalue weighted by atomic mass is 10.0. The fourth-order valence-electron chi connectivity index (χ4n) is 2.46. The smallest absolute Gasteiger partial charge is 0.148 e. The Labute approximate surface area is 97.7 Å². The summed E-state index contributed by atoms with van der Waals surface area (Å²) in [6.07, 6.45) is 10.2. The lowest BCUT2D eigenvalue weighted by Gasteiger charge is -2.09. The van der Waals surface area contributed by atoms with Crippen LogP contribution >= 0.6 is 0 Å². The molecule has 2 rings (SSSR count). The molecule has 1 aromatic heterocycles. The Bertz CT molecular complexity index is 319. The average Bonchev–Trinajstić information content (AvgIpc) is 2.77. The maximum atomic E-state index is 4.05. The van der Waals surface area contributed by atoms with Gasteiger partial charge in [0.1, 0.15) is 5.82 Å². The van der Waals surface area contributed by atoms with Gasteiger partial charge >= 0.3 is 0 Å². The third kappa shape index (κ3) is 3.47. The fraction of sp³-hybridized carbons (Fsp3) is 0.692. The monoisotopic (exact) mass is 219 g/mol. The number of anilines is 1. The van der Waals surface area contributed by atoms with Gasteiger partial charge in [-0.15, -0.1) is 5.10 Å². The Morgan fingerprint density at radius 3 is 2.94 bits per heavy atom. The zero-order valence-electron chi connectivity index (χ0n) is 10.1. The van der Waals surface area contributed by atoms with Crippen LogP contribution in [-0.2, 0) is 0 Å². The Hall–Kier alpha value is -1.12. The van der Waals surface area contributed by atoms with Crippen molar-refractivity contribution in [3.63, 3.8) is 0 Å². The van der Waals surface area contributed by atoms with E-state index in [1.54, 1.807) is 6.20 Å². The third-order valence-electron chi connectivity index (χ3n) is 3.36. The molecule has 3 heteroatoms. The van der Waals surface area contributed by atoms with Gasteiger partial charge < -0.3 is 5.32 Å². The molecule has 1 fully saturated rings. The van der Waals surface area contributed by atoms with Gasteiger partial charge in [-0.3, -0.25) is 0 Å². The van der Waals surface area contributed by atoms with Crippen LogP contribution in [0.2, 0.25) is 0 Å². The lowest BCUT2D eigenvalue weighted by Crippen LogP contribution is -2.06. The predicted octanol–water partition coefficient (Wildman–Crippen LogP) is 3.17. The molecular formula is C13H21N3. The molecule has 0 unspecified atom stereocenters. The molecule has 1 aliphatic carbocycles. The zero-order chi connectivity index (χ0) is 11.2. The summed E-state index contributed by atoms with van der Waals surface area (Å²) in [5.74, 6) is 1.90. The molecule has 0 atom stereocenters. The summed E-state index contributed by atoms with van der Waals surface area (Å²) in [4.78, 5) is 0. The van der Waals surface area contributed by atoms with Gasteiger partial charge in [0.2, 0.25) is 0 Å². The van der Waals surface area contributed by atoms with Crippen molar-refractivity contribution in [3.05, 3.63) is 17.8 Å². The third-order valence-corrected chi connectivity index (χ3v) is 3.36. The molecule has 0 aliphatic heterocycles. The lowest BCUT2D eigenvalue weighted by molar-refractivity contribution is 0.491. The molecule has 88 valence electrons. The van der Waals surface area contributed by atoms with E-state index < -0.39 is 0 Å². The van der Waals surface area contributed by atoms with E-state index in [-0.39, 0.29) is 0 Å². The van der Waals surface area contributed by atoms with Crippen molar-refractivity contribution in [2.45, 2.75) is 45.4 Å². The van der Waals surface area contributed by atoms with Crippen molar-refractivity contribution >= 4 is 5.82 Å². The van der Waals surface area contributed by atoms with Crippen LogP contribution in [0.4, 0.5) is 5.82 Å². The van der Waals surface area contributed by atoms with E-state index in [1.807, 2.05) is 13.0 Å². The second kappa shape index (κ2) is 5.83. The molecule has 1 heterocycles. The highest BCUT2D eigenvalue weighted by Gasteiger charge is 2.13. The molecule has 0 amide bonds. The Kier molecular flexibility index (Phi) is 4.14. The molecule has 0 spiro atoms. The maximum Gasteiger partial charge on any atom is 0.148 e. The topological polar surface area (TPSA) is 37.8 Å². The number of nitrogens with zero attached hydrogens (tertiary/aromatic N) is 2. The molecule has 1 saturated carbocycles. The summed E-state index contributed by atoms with van der Waals surface area (Å²) in [5, 5.41) is 11.3. The van der Waals surface area contributed by atoms with Crippen molar-refractivity contribution in [3.8, 4) is 0 Å². The molecule has 16 heavy (non-hydrogen) atoms. The number of hydrogen-bond donors (Lipinski definition) is 1. The van der Waals surface area contributed by atoms with Crippen molar-refractivity contribution in [1.82, 2.24) is 10.2 Å². The highest BCUT2D eigenvalue weighted by atomic mass is 15.2. The fourth-order valence-corrected chi connectivity index (χ4v) is 2.46. The van der Waals surface area contributed by atoms with Crippen LogP contribution in [0.5, 0.6) is 0 Å². The Morgan fingerprint density at radius 1 is 1.38 bits per heavy atom. The Morgan fingerprint density at radius 2 is 2.19 bits per heavy atom. The summed E-state index contributed by atoms with van der Waals surface area (Å²) in [6, 6.07) is 2.04. The van der Waals surface area contributed by atoms with E-state index in [1.165, 1.54) is 38.5 Å². The molecule has 1 aromatic rings. The van der Waals surface area contributed by atoms with Crippen LogP contribution in [0.15, 0.2) is 12.3 Å². The first-order valence-corrected chi connectivity index (χ1v) is 6.38. The summed E-state index contributed by atoms with van der Waals surface area (Å²) in [6.45, 7) is 3.06.